The molecule has 6 heteroatoms. The molecule has 0 aliphatic carbocycles. The van der Waals surface area contributed by atoms with E-state index in [1.54, 1.807) is 45.7 Å². The lowest BCUT2D eigenvalue weighted by molar-refractivity contribution is 0.101. The standard InChI is InChI=1S/C25H20N4O2/c1-3-21-23(18-7-5-4-6-8-18)24-26-15-20-22(29(24)27-21)13-14-28(25(20)31)19-11-9-17(10-12-19)16(2)30/h4-15H,3H2,1-2H3. The average molecular weight is 408 g/mol. The van der Waals surface area contributed by atoms with Gasteiger partial charge in [0.2, 0.25) is 0 Å². The number of carbonyl (C=O) groups is 1. The van der Waals surface area contributed by atoms with Crippen molar-refractivity contribution in [3.63, 3.8) is 0 Å². The van der Waals surface area contributed by atoms with Gasteiger partial charge in [0.15, 0.2) is 11.4 Å². The van der Waals surface area contributed by atoms with Gasteiger partial charge in [-0.25, -0.2) is 9.50 Å². The van der Waals surface area contributed by atoms with Gasteiger partial charge in [0.25, 0.3) is 5.56 Å². The van der Waals surface area contributed by atoms with Crippen molar-refractivity contribution < 1.29 is 4.79 Å². The van der Waals surface area contributed by atoms with Gasteiger partial charge in [0.05, 0.1) is 16.6 Å². The van der Waals surface area contributed by atoms with Crippen LogP contribution in [0.2, 0.25) is 0 Å². The van der Waals surface area contributed by atoms with E-state index in [1.807, 2.05) is 36.4 Å². The number of nitrogens with zero attached hydrogens (tertiary/aromatic N) is 4. The first-order valence-corrected chi connectivity index (χ1v) is 10.2. The number of carbonyl (C=O) groups excluding carboxylic acids is 1. The van der Waals surface area contributed by atoms with E-state index >= 15 is 0 Å². The summed E-state index contributed by atoms with van der Waals surface area (Å²) >= 11 is 0. The Hall–Kier alpha value is -4.06. The van der Waals surface area contributed by atoms with Crippen molar-refractivity contribution in [1.29, 1.82) is 0 Å². The van der Waals surface area contributed by atoms with Crippen LogP contribution in [0.3, 0.4) is 0 Å². The number of rotatable bonds is 4. The van der Waals surface area contributed by atoms with Gasteiger partial charge < -0.3 is 0 Å². The molecule has 0 aliphatic heterocycles. The normalized spacial score (nSPS) is 11.3. The van der Waals surface area contributed by atoms with Gasteiger partial charge in [-0.1, -0.05) is 37.3 Å². The van der Waals surface area contributed by atoms with Crippen LogP contribution in [0.25, 0.3) is 33.4 Å². The van der Waals surface area contributed by atoms with Gasteiger partial charge in [0.1, 0.15) is 0 Å². The van der Waals surface area contributed by atoms with Crippen LogP contribution in [0, 0.1) is 0 Å². The predicted molar refractivity (Wildman–Crippen MR) is 121 cm³/mol. The molecule has 0 fully saturated rings. The first-order chi connectivity index (χ1) is 15.1. The van der Waals surface area contributed by atoms with Crippen LogP contribution in [0.4, 0.5) is 0 Å². The highest BCUT2D eigenvalue weighted by molar-refractivity contribution is 5.94. The SMILES string of the molecule is CCc1nn2c(ncc3c(=O)n(-c4ccc(C(C)=O)cc4)ccc32)c1-c1ccccc1. The molecule has 6 nitrogen and oxygen atoms in total. The van der Waals surface area contributed by atoms with Crippen LogP contribution in [-0.2, 0) is 6.42 Å². The largest absolute Gasteiger partial charge is 0.295 e. The van der Waals surface area contributed by atoms with Crippen LogP contribution in [0.1, 0.15) is 29.9 Å². The average Bonchev–Trinajstić information content (AvgIpc) is 3.19. The minimum atomic E-state index is -0.183. The summed E-state index contributed by atoms with van der Waals surface area (Å²) in [4.78, 5) is 29.4. The van der Waals surface area contributed by atoms with Gasteiger partial charge in [-0.2, -0.15) is 5.10 Å². The smallest absolute Gasteiger partial charge is 0.266 e. The summed E-state index contributed by atoms with van der Waals surface area (Å²) in [7, 11) is 0. The Morgan fingerprint density at radius 2 is 1.74 bits per heavy atom. The third-order valence-electron chi connectivity index (χ3n) is 5.53. The minimum absolute atomic E-state index is 0.0105. The molecule has 0 unspecified atom stereocenters. The van der Waals surface area contributed by atoms with E-state index < -0.39 is 0 Å². The van der Waals surface area contributed by atoms with Gasteiger partial charge in [-0.15, -0.1) is 0 Å². The second-order valence-electron chi connectivity index (χ2n) is 7.43. The third-order valence-corrected chi connectivity index (χ3v) is 5.53. The number of hydrogen-bond acceptors (Lipinski definition) is 4. The molecule has 3 aromatic heterocycles. The van der Waals surface area contributed by atoms with Crippen LogP contribution in [0.5, 0.6) is 0 Å². The van der Waals surface area contributed by atoms with E-state index in [0.29, 0.717) is 22.2 Å². The van der Waals surface area contributed by atoms with Crippen molar-refractivity contribution in [2.24, 2.45) is 0 Å². The number of ketones is 1. The van der Waals surface area contributed by atoms with Crippen molar-refractivity contribution in [3.05, 3.63) is 94.7 Å². The molecule has 3 heterocycles. The number of hydrogen-bond donors (Lipinski definition) is 0. The number of pyridine rings is 1. The molecule has 0 spiro atoms. The second-order valence-corrected chi connectivity index (χ2v) is 7.43. The molecule has 5 rings (SSSR count). The summed E-state index contributed by atoms with van der Waals surface area (Å²) in [6.07, 6.45) is 4.12. The Morgan fingerprint density at radius 3 is 2.42 bits per heavy atom. The Kier molecular flexibility index (Phi) is 4.47. The lowest BCUT2D eigenvalue weighted by Gasteiger charge is -2.09. The minimum Gasteiger partial charge on any atom is -0.295 e. The number of Topliss-reactive ketones (excluding diaryl/α,β-unsaturated/α-hetero) is 1. The molecule has 0 saturated carbocycles. The number of aryl methyl sites for hydroxylation is 1. The Labute approximate surface area is 178 Å². The van der Waals surface area contributed by atoms with Crippen molar-refractivity contribution in [2.45, 2.75) is 20.3 Å². The topological polar surface area (TPSA) is 69.3 Å². The highest BCUT2D eigenvalue weighted by Gasteiger charge is 2.17. The fourth-order valence-electron chi connectivity index (χ4n) is 3.92. The van der Waals surface area contributed by atoms with E-state index in [4.69, 9.17) is 5.10 Å². The van der Waals surface area contributed by atoms with Crippen molar-refractivity contribution in [2.75, 3.05) is 0 Å². The van der Waals surface area contributed by atoms with Crippen molar-refractivity contribution in [3.8, 4) is 16.8 Å². The first-order valence-electron chi connectivity index (χ1n) is 10.2. The summed E-state index contributed by atoms with van der Waals surface area (Å²) in [6.45, 7) is 3.58. The van der Waals surface area contributed by atoms with Crippen molar-refractivity contribution in [1.82, 2.24) is 19.2 Å². The van der Waals surface area contributed by atoms with E-state index in [2.05, 4.69) is 11.9 Å². The molecule has 0 bridgehead atoms. The molecule has 5 aromatic rings. The second kappa shape index (κ2) is 7.32. The summed E-state index contributed by atoms with van der Waals surface area (Å²) in [5.74, 6) is -0.0105. The molecular formula is C25H20N4O2. The summed E-state index contributed by atoms with van der Waals surface area (Å²) in [6, 6.07) is 18.9. The number of benzene rings is 2. The molecule has 0 radical (unpaired) electrons. The zero-order valence-electron chi connectivity index (χ0n) is 17.2. The highest BCUT2D eigenvalue weighted by atomic mass is 16.1. The monoisotopic (exact) mass is 408 g/mol. The molecular weight excluding hydrogens is 388 g/mol. The lowest BCUT2D eigenvalue weighted by Crippen LogP contribution is -2.19. The fraction of sp³-hybridized carbons (Fsp3) is 0.120. The van der Waals surface area contributed by atoms with Gasteiger partial charge in [0, 0.05) is 29.2 Å². The Balaban J connectivity index is 1.72. The zero-order chi connectivity index (χ0) is 21.5. The summed E-state index contributed by atoms with van der Waals surface area (Å²) in [5.41, 5.74) is 5.55. The van der Waals surface area contributed by atoms with Crippen LogP contribution in [0.15, 0.2) is 77.9 Å². The predicted octanol–water partition coefficient (Wildman–Crippen LogP) is 4.47. The van der Waals surface area contributed by atoms with E-state index in [9.17, 15) is 9.59 Å². The molecule has 31 heavy (non-hydrogen) atoms. The molecule has 0 saturated heterocycles. The lowest BCUT2D eigenvalue weighted by atomic mass is 10.0. The quantitative estimate of drug-likeness (QED) is 0.412. The van der Waals surface area contributed by atoms with Crippen LogP contribution < -0.4 is 5.56 Å². The maximum Gasteiger partial charge on any atom is 0.266 e. The molecule has 0 amide bonds. The van der Waals surface area contributed by atoms with Crippen LogP contribution >= 0.6 is 0 Å². The van der Waals surface area contributed by atoms with Gasteiger partial charge >= 0.3 is 0 Å². The number of fused-ring (bicyclic) bond motifs is 3. The fourth-order valence-corrected chi connectivity index (χ4v) is 3.92. The first kappa shape index (κ1) is 18.9. The van der Waals surface area contributed by atoms with Crippen LogP contribution in [-0.4, -0.2) is 24.9 Å². The molecule has 152 valence electrons. The highest BCUT2D eigenvalue weighted by Crippen LogP contribution is 2.29. The van der Waals surface area contributed by atoms with Crippen molar-refractivity contribution >= 4 is 22.3 Å². The maximum atomic E-state index is 13.2. The molecule has 2 aromatic carbocycles. The summed E-state index contributed by atoms with van der Waals surface area (Å²) in [5, 5.41) is 5.26. The van der Waals surface area contributed by atoms with Gasteiger partial charge in [-0.3, -0.25) is 14.2 Å². The molecule has 0 N–H and O–H groups in total. The van der Waals surface area contributed by atoms with E-state index in [1.165, 1.54) is 6.92 Å². The Morgan fingerprint density at radius 1 is 1.00 bits per heavy atom. The summed E-state index contributed by atoms with van der Waals surface area (Å²) < 4.78 is 3.32. The van der Waals surface area contributed by atoms with Gasteiger partial charge in [-0.05, 0) is 49.2 Å². The molecule has 0 aliphatic rings. The van der Waals surface area contributed by atoms with E-state index in [-0.39, 0.29) is 11.3 Å². The number of aromatic nitrogens is 4. The van der Waals surface area contributed by atoms with E-state index in [0.717, 1.165) is 28.9 Å². The Bertz CT molecular complexity index is 1500. The maximum absolute atomic E-state index is 13.2. The third kappa shape index (κ3) is 3.04. The zero-order valence-corrected chi connectivity index (χ0v) is 17.2. The molecule has 0 atom stereocenters.